The lowest BCUT2D eigenvalue weighted by Crippen LogP contribution is -2.11. The first-order valence-electron chi connectivity index (χ1n) is 5.06. The third-order valence-corrected chi connectivity index (χ3v) is 2.91. The number of carboxylic acid groups (broad SMARTS) is 1. The van der Waals surface area contributed by atoms with Gasteiger partial charge in [-0.25, -0.2) is 0 Å². The number of aromatic amines is 1. The maximum absolute atomic E-state index is 10.8. The highest BCUT2D eigenvalue weighted by atomic mass is 35.5. The van der Waals surface area contributed by atoms with Crippen LogP contribution in [0.3, 0.4) is 0 Å². The van der Waals surface area contributed by atoms with Crippen LogP contribution in [0.25, 0.3) is 10.9 Å². The van der Waals surface area contributed by atoms with Gasteiger partial charge in [0.25, 0.3) is 0 Å². The fourth-order valence-electron chi connectivity index (χ4n) is 1.74. The summed E-state index contributed by atoms with van der Waals surface area (Å²) >= 11 is 5.87. The molecular formula is C12H12ClNO2. The Morgan fingerprint density at radius 3 is 3.00 bits per heavy atom. The predicted octanol–water partition coefficient (Wildman–Crippen LogP) is 3.08. The Labute approximate surface area is 98.0 Å². The molecular weight excluding hydrogens is 226 g/mol. The van der Waals surface area contributed by atoms with Crippen molar-refractivity contribution in [3.8, 4) is 0 Å². The number of benzene rings is 1. The van der Waals surface area contributed by atoms with Crippen LogP contribution < -0.4 is 0 Å². The fraction of sp³-hybridized carbons (Fsp3) is 0.250. The molecule has 3 nitrogen and oxygen atoms in total. The molecule has 16 heavy (non-hydrogen) atoms. The van der Waals surface area contributed by atoms with Crippen LogP contribution in [0.5, 0.6) is 0 Å². The fourth-order valence-corrected chi connectivity index (χ4v) is 1.92. The number of rotatable bonds is 3. The highest BCUT2D eigenvalue weighted by Crippen LogP contribution is 2.23. The van der Waals surface area contributed by atoms with E-state index in [2.05, 4.69) is 4.98 Å². The van der Waals surface area contributed by atoms with E-state index in [9.17, 15) is 4.79 Å². The van der Waals surface area contributed by atoms with Crippen LogP contribution in [0.4, 0.5) is 0 Å². The van der Waals surface area contributed by atoms with E-state index in [1.165, 1.54) is 0 Å². The molecule has 1 atom stereocenters. The van der Waals surface area contributed by atoms with E-state index in [0.717, 1.165) is 16.5 Å². The minimum Gasteiger partial charge on any atom is -0.481 e. The van der Waals surface area contributed by atoms with Crippen molar-refractivity contribution in [2.75, 3.05) is 0 Å². The van der Waals surface area contributed by atoms with Crippen LogP contribution in [0.2, 0.25) is 5.02 Å². The molecule has 0 amide bonds. The summed E-state index contributed by atoms with van der Waals surface area (Å²) in [5.74, 6) is -1.15. The van der Waals surface area contributed by atoms with E-state index < -0.39 is 5.97 Å². The Kier molecular flexibility index (Phi) is 2.88. The van der Waals surface area contributed by atoms with E-state index in [1.54, 1.807) is 6.92 Å². The minimum atomic E-state index is -0.775. The number of halogens is 1. The molecule has 0 saturated carbocycles. The van der Waals surface area contributed by atoms with Crippen molar-refractivity contribution in [3.63, 3.8) is 0 Å². The molecule has 1 aromatic heterocycles. The van der Waals surface area contributed by atoms with Crippen molar-refractivity contribution < 1.29 is 9.90 Å². The summed E-state index contributed by atoms with van der Waals surface area (Å²) in [4.78, 5) is 13.9. The van der Waals surface area contributed by atoms with Gasteiger partial charge in [-0.15, -0.1) is 0 Å². The first-order valence-corrected chi connectivity index (χ1v) is 5.44. The molecule has 0 saturated heterocycles. The molecule has 2 aromatic rings. The zero-order valence-corrected chi connectivity index (χ0v) is 9.58. The number of hydrogen-bond acceptors (Lipinski definition) is 1. The third kappa shape index (κ3) is 2.04. The van der Waals surface area contributed by atoms with Crippen LogP contribution in [0, 0.1) is 5.92 Å². The lowest BCUT2D eigenvalue weighted by atomic mass is 10.0. The van der Waals surface area contributed by atoms with Crippen LogP contribution in [0.15, 0.2) is 24.4 Å². The summed E-state index contributed by atoms with van der Waals surface area (Å²) in [6.07, 6.45) is 2.37. The molecule has 0 radical (unpaired) electrons. The quantitative estimate of drug-likeness (QED) is 0.862. The normalized spacial score (nSPS) is 12.9. The van der Waals surface area contributed by atoms with Gasteiger partial charge in [-0.2, -0.15) is 0 Å². The monoisotopic (exact) mass is 237 g/mol. The highest BCUT2D eigenvalue weighted by molar-refractivity contribution is 6.31. The van der Waals surface area contributed by atoms with Crippen molar-refractivity contribution >= 4 is 28.5 Å². The van der Waals surface area contributed by atoms with Gasteiger partial charge >= 0.3 is 5.97 Å². The second-order valence-electron chi connectivity index (χ2n) is 3.95. The number of aliphatic carboxylic acids is 1. The van der Waals surface area contributed by atoms with Gasteiger partial charge in [0.1, 0.15) is 0 Å². The van der Waals surface area contributed by atoms with Crippen LogP contribution >= 0.6 is 11.6 Å². The number of fused-ring (bicyclic) bond motifs is 1. The number of nitrogens with one attached hydrogen (secondary N) is 1. The van der Waals surface area contributed by atoms with E-state index in [-0.39, 0.29) is 5.92 Å². The van der Waals surface area contributed by atoms with Crippen molar-refractivity contribution in [3.05, 3.63) is 35.0 Å². The third-order valence-electron chi connectivity index (χ3n) is 2.68. The molecule has 0 aliphatic heterocycles. The number of H-pyrrole nitrogens is 1. The Hall–Kier alpha value is -1.48. The Morgan fingerprint density at radius 1 is 1.56 bits per heavy atom. The molecule has 2 N–H and O–H groups in total. The number of aromatic nitrogens is 1. The van der Waals surface area contributed by atoms with Gasteiger partial charge in [0.2, 0.25) is 0 Å². The molecule has 0 spiro atoms. The van der Waals surface area contributed by atoms with E-state index >= 15 is 0 Å². The molecule has 0 fully saturated rings. The van der Waals surface area contributed by atoms with Crippen molar-refractivity contribution in [2.24, 2.45) is 5.92 Å². The highest BCUT2D eigenvalue weighted by Gasteiger charge is 2.14. The van der Waals surface area contributed by atoms with Gasteiger partial charge in [-0.3, -0.25) is 4.79 Å². The van der Waals surface area contributed by atoms with Gasteiger partial charge in [-0.05, 0) is 24.1 Å². The standard InChI is InChI=1S/C12H12ClNO2/c1-7(12(15)16)4-8-6-14-11-5-9(13)2-3-10(8)11/h2-3,5-7,14H,4H2,1H3,(H,15,16). The lowest BCUT2D eigenvalue weighted by Gasteiger charge is -2.04. The number of carboxylic acids is 1. The van der Waals surface area contributed by atoms with E-state index in [1.807, 2.05) is 24.4 Å². The Morgan fingerprint density at radius 2 is 2.31 bits per heavy atom. The average Bonchev–Trinajstić information content (AvgIpc) is 2.60. The molecule has 1 heterocycles. The summed E-state index contributed by atoms with van der Waals surface area (Å²) in [6, 6.07) is 5.57. The average molecular weight is 238 g/mol. The Balaban J connectivity index is 2.35. The topological polar surface area (TPSA) is 53.1 Å². The smallest absolute Gasteiger partial charge is 0.306 e. The van der Waals surface area contributed by atoms with Gasteiger partial charge in [0.05, 0.1) is 5.92 Å². The van der Waals surface area contributed by atoms with Crippen LogP contribution in [-0.2, 0) is 11.2 Å². The van der Waals surface area contributed by atoms with Gasteiger partial charge < -0.3 is 10.1 Å². The maximum Gasteiger partial charge on any atom is 0.306 e. The summed E-state index contributed by atoms with van der Waals surface area (Å²) < 4.78 is 0. The summed E-state index contributed by atoms with van der Waals surface area (Å²) in [7, 11) is 0. The lowest BCUT2D eigenvalue weighted by molar-refractivity contribution is -0.141. The molecule has 1 unspecified atom stereocenters. The first-order chi connectivity index (χ1) is 7.58. The largest absolute Gasteiger partial charge is 0.481 e. The first kappa shape index (κ1) is 11.0. The van der Waals surface area contributed by atoms with Gasteiger partial charge in [0, 0.05) is 22.1 Å². The van der Waals surface area contributed by atoms with Crippen LogP contribution in [0.1, 0.15) is 12.5 Å². The zero-order valence-electron chi connectivity index (χ0n) is 8.83. The predicted molar refractivity (Wildman–Crippen MR) is 63.8 cm³/mol. The second-order valence-corrected chi connectivity index (χ2v) is 4.38. The van der Waals surface area contributed by atoms with Gasteiger partial charge in [-0.1, -0.05) is 24.6 Å². The van der Waals surface area contributed by atoms with Gasteiger partial charge in [0.15, 0.2) is 0 Å². The molecule has 84 valence electrons. The summed E-state index contributed by atoms with van der Waals surface area (Å²) in [6.45, 7) is 1.71. The maximum atomic E-state index is 10.8. The molecule has 0 aliphatic carbocycles. The number of carbonyl (C=O) groups is 1. The molecule has 0 bridgehead atoms. The van der Waals surface area contributed by atoms with E-state index in [4.69, 9.17) is 16.7 Å². The minimum absolute atomic E-state index is 0.380. The molecule has 0 aliphatic rings. The van der Waals surface area contributed by atoms with Crippen LogP contribution in [-0.4, -0.2) is 16.1 Å². The number of hydrogen-bond donors (Lipinski definition) is 2. The molecule has 1 aromatic carbocycles. The summed E-state index contributed by atoms with van der Waals surface area (Å²) in [5, 5.41) is 10.6. The molecule has 2 rings (SSSR count). The zero-order chi connectivity index (χ0) is 11.7. The van der Waals surface area contributed by atoms with Crippen molar-refractivity contribution in [1.29, 1.82) is 0 Å². The van der Waals surface area contributed by atoms with Crippen molar-refractivity contribution in [1.82, 2.24) is 4.98 Å². The van der Waals surface area contributed by atoms with Crippen molar-refractivity contribution in [2.45, 2.75) is 13.3 Å². The summed E-state index contributed by atoms with van der Waals surface area (Å²) in [5.41, 5.74) is 1.96. The Bertz CT molecular complexity index is 533. The molecule has 4 heteroatoms. The SMILES string of the molecule is CC(Cc1c[nH]c2cc(Cl)ccc12)C(=O)O. The van der Waals surface area contributed by atoms with E-state index in [0.29, 0.717) is 11.4 Å². The second kappa shape index (κ2) is 4.18.